The number of hydrazine groups is 1. The highest BCUT2D eigenvalue weighted by molar-refractivity contribution is 7.09. The first kappa shape index (κ1) is 26.0. The van der Waals surface area contributed by atoms with E-state index in [0.29, 0.717) is 42.9 Å². The molecule has 12 nitrogen and oxygen atoms in total. The molecule has 200 valence electrons. The molecule has 1 N–H and O–H groups in total. The first-order chi connectivity index (χ1) is 18.9. The second-order valence-corrected chi connectivity index (χ2v) is 9.86. The molecule has 0 aliphatic carbocycles. The minimum absolute atomic E-state index is 0.0156. The number of nitrogens with zero attached hydrogens (tertiary/aromatic N) is 6. The number of hydrogen-bond acceptors (Lipinski definition) is 10. The molecular weight excluding hydrogens is 522 g/mol. The Morgan fingerprint density at radius 2 is 1.92 bits per heavy atom. The van der Waals surface area contributed by atoms with Crippen LogP contribution >= 0.6 is 11.3 Å². The van der Waals surface area contributed by atoms with Crippen molar-refractivity contribution in [3.8, 4) is 5.75 Å². The van der Waals surface area contributed by atoms with E-state index < -0.39 is 10.8 Å². The molecule has 3 aromatic heterocycles. The van der Waals surface area contributed by atoms with Gasteiger partial charge in [-0.3, -0.25) is 30.1 Å². The molecule has 0 saturated carbocycles. The van der Waals surface area contributed by atoms with Crippen LogP contribution in [-0.2, 0) is 0 Å². The lowest BCUT2D eigenvalue weighted by atomic mass is 9.97. The molecule has 2 amide bonds. The number of ether oxygens (including phenoxy) is 1. The highest BCUT2D eigenvalue weighted by atomic mass is 32.1. The summed E-state index contributed by atoms with van der Waals surface area (Å²) in [6.07, 6.45) is 2.81. The number of nitro groups is 1. The zero-order valence-corrected chi connectivity index (χ0v) is 22.1. The molecule has 0 atom stereocenters. The van der Waals surface area contributed by atoms with Crippen LogP contribution in [0.15, 0.2) is 54.0 Å². The summed E-state index contributed by atoms with van der Waals surface area (Å²) in [7, 11) is 3.05. The van der Waals surface area contributed by atoms with Crippen molar-refractivity contribution in [1.29, 1.82) is 0 Å². The van der Waals surface area contributed by atoms with E-state index in [9.17, 15) is 19.7 Å². The van der Waals surface area contributed by atoms with Crippen molar-refractivity contribution in [3.63, 3.8) is 0 Å². The number of piperidine rings is 1. The summed E-state index contributed by atoms with van der Waals surface area (Å²) in [5.41, 5.74) is 3.62. The second-order valence-electron chi connectivity index (χ2n) is 8.97. The molecule has 4 heterocycles. The summed E-state index contributed by atoms with van der Waals surface area (Å²) in [5.74, 6) is 0.0825. The van der Waals surface area contributed by atoms with Crippen molar-refractivity contribution in [2.45, 2.75) is 18.8 Å². The van der Waals surface area contributed by atoms with Crippen molar-refractivity contribution in [2.24, 2.45) is 0 Å². The van der Waals surface area contributed by atoms with Gasteiger partial charge in [-0.2, -0.15) is 0 Å². The Kier molecular flexibility index (Phi) is 7.32. The van der Waals surface area contributed by atoms with Gasteiger partial charge >= 0.3 is 5.69 Å². The smallest absolute Gasteiger partial charge is 0.313 e. The second kappa shape index (κ2) is 11.0. The average molecular weight is 548 g/mol. The average Bonchev–Trinajstić information content (AvgIpc) is 3.47. The summed E-state index contributed by atoms with van der Waals surface area (Å²) >= 11 is 1.38. The summed E-state index contributed by atoms with van der Waals surface area (Å²) < 4.78 is 5.48. The number of anilines is 1. The molecule has 1 fully saturated rings. The van der Waals surface area contributed by atoms with Gasteiger partial charge in [0, 0.05) is 55.2 Å². The van der Waals surface area contributed by atoms with Crippen LogP contribution in [0.1, 0.15) is 44.7 Å². The number of benzene rings is 1. The fraction of sp³-hybridized carbons (Fsp3) is 0.269. The molecule has 13 heteroatoms. The van der Waals surface area contributed by atoms with Gasteiger partial charge in [0.25, 0.3) is 11.8 Å². The van der Waals surface area contributed by atoms with Crippen molar-refractivity contribution in [1.82, 2.24) is 25.3 Å². The number of carbonyl (C=O) groups is 2. The first-order valence-corrected chi connectivity index (χ1v) is 13.1. The monoisotopic (exact) mass is 547 g/mol. The van der Waals surface area contributed by atoms with Gasteiger partial charge in [0.1, 0.15) is 17.1 Å². The van der Waals surface area contributed by atoms with Crippen molar-refractivity contribution in [2.75, 3.05) is 32.3 Å². The predicted octanol–water partition coefficient (Wildman–Crippen LogP) is 3.80. The SMILES string of the molecule is COc1cc(C(=O)N2CCC(c3nc(C(=O)NN(C)c4ncccc4[N+](=O)[O-])cs3)CC2)nc2ccccc12. The van der Waals surface area contributed by atoms with Crippen molar-refractivity contribution < 1.29 is 19.2 Å². The van der Waals surface area contributed by atoms with Crippen LogP contribution in [0.25, 0.3) is 10.9 Å². The van der Waals surface area contributed by atoms with E-state index in [1.807, 2.05) is 24.3 Å². The molecule has 0 bridgehead atoms. The van der Waals surface area contributed by atoms with E-state index in [1.54, 1.807) is 23.5 Å². The molecule has 0 radical (unpaired) electrons. The van der Waals surface area contributed by atoms with Crippen LogP contribution in [-0.4, -0.2) is 63.8 Å². The predicted molar refractivity (Wildman–Crippen MR) is 145 cm³/mol. The molecule has 1 aliphatic rings. The number of fused-ring (bicyclic) bond motifs is 1. The Balaban J connectivity index is 1.21. The third-order valence-corrected chi connectivity index (χ3v) is 7.56. The topological polar surface area (TPSA) is 144 Å². The van der Waals surface area contributed by atoms with E-state index in [-0.39, 0.29) is 29.0 Å². The third kappa shape index (κ3) is 5.34. The Morgan fingerprint density at radius 3 is 2.67 bits per heavy atom. The highest BCUT2D eigenvalue weighted by Gasteiger charge is 2.28. The number of pyridine rings is 2. The van der Waals surface area contributed by atoms with Crippen molar-refractivity contribution in [3.05, 3.63) is 80.6 Å². The molecule has 39 heavy (non-hydrogen) atoms. The number of hydrogen-bond donors (Lipinski definition) is 1. The van der Waals surface area contributed by atoms with Gasteiger partial charge in [-0.15, -0.1) is 11.3 Å². The number of thiazole rings is 1. The minimum Gasteiger partial charge on any atom is -0.496 e. The maximum Gasteiger partial charge on any atom is 0.313 e. The fourth-order valence-electron chi connectivity index (χ4n) is 4.54. The molecule has 0 spiro atoms. The fourth-order valence-corrected chi connectivity index (χ4v) is 5.52. The Hall–Kier alpha value is -4.65. The van der Waals surface area contributed by atoms with Gasteiger partial charge in [-0.05, 0) is 31.0 Å². The van der Waals surface area contributed by atoms with Gasteiger partial charge in [0.15, 0.2) is 0 Å². The standard InChI is InChI=1S/C26H25N7O5S/c1-31(23-21(33(36)37)8-5-11-27-23)30-24(34)20-15-39-25(29-20)16-9-12-32(13-10-16)26(35)19-14-22(38-2)17-6-3-4-7-18(17)28-19/h3-8,11,14-16H,9-10,12-13H2,1-2H3,(H,30,34). The normalized spacial score (nSPS) is 13.7. The molecule has 1 aromatic carbocycles. The number of amides is 2. The molecule has 1 saturated heterocycles. The molecular formula is C26H25N7O5S. The number of nitrogens with one attached hydrogen (secondary N) is 1. The number of likely N-dealkylation sites (tertiary alicyclic amines) is 1. The Morgan fingerprint density at radius 1 is 1.15 bits per heavy atom. The number of para-hydroxylation sites is 1. The van der Waals surface area contributed by atoms with E-state index in [4.69, 9.17) is 4.74 Å². The number of methoxy groups -OCH3 is 1. The van der Waals surface area contributed by atoms with Gasteiger partial charge in [-0.25, -0.2) is 15.0 Å². The van der Waals surface area contributed by atoms with Crippen LogP contribution in [0, 0.1) is 10.1 Å². The molecule has 1 aliphatic heterocycles. The summed E-state index contributed by atoms with van der Waals surface area (Å²) in [6.45, 7) is 1.07. The van der Waals surface area contributed by atoms with Crippen LogP contribution in [0.5, 0.6) is 5.75 Å². The van der Waals surface area contributed by atoms with Crippen LogP contribution < -0.4 is 15.2 Å². The van der Waals surface area contributed by atoms with E-state index in [0.717, 1.165) is 10.4 Å². The van der Waals surface area contributed by atoms with Crippen LogP contribution in [0.3, 0.4) is 0 Å². The maximum atomic E-state index is 13.2. The summed E-state index contributed by atoms with van der Waals surface area (Å²) in [4.78, 5) is 51.6. The Labute approximate surface area is 227 Å². The lowest BCUT2D eigenvalue weighted by Crippen LogP contribution is -2.40. The zero-order chi connectivity index (χ0) is 27.5. The van der Waals surface area contributed by atoms with Gasteiger partial charge < -0.3 is 9.64 Å². The van der Waals surface area contributed by atoms with E-state index in [2.05, 4.69) is 20.4 Å². The third-order valence-electron chi connectivity index (χ3n) is 6.55. The van der Waals surface area contributed by atoms with Gasteiger partial charge in [0.05, 0.1) is 22.6 Å². The Bertz CT molecular complexity index is 1550. The van der Waals surface area contributed by atoms with Crippen LogP contribution in [0.2, 0.25) is 0 Å². The summed E-state index contributed by atoms with van der Waals surface area (Å²) in [5, 5.41) is 15.8. The van der Waals surface area contributed by atoms with Gasteiger partial charge in [0.2, 0.25) is 5.82 Å². The number of aromatic nitrogens is 3. The van der Waals surface area contributed by atoms with Crippen LogP contribution in [0.4, 0.5) is 11.5 Å². The number of rotatable bonds is 7. The van der Waals surface area contributed by atoms with E-state index in [1.165, 1.54) is 41.7 Å². The lowest BCUT2D eigenvalue weighted by Gasteiger charge is -2.31. The van der Waals surface area contributed by atoms with E-state index >= 15 is 0 Å². The number of carbonyl (C=O) groups excluding carboxylic acids is 2. The van der Waals surface area contributed by atoms with Crippen molar-refractivity contribution >= 4 is 45.6 Å². The maximum absolute atomic E-state index is 13.2. The first-order valence-electron chi connectivity index (χ1n) is 12.2. The minimum atomic E-state index is -0.560. The quantitative estimate of drug-likeness (QED) is 0.270. The molecule has 4 aromatic rings. The highest BCUT2D eigenvalue weighted by Crippen LogP contribution is 2.32. The van der Waals surface area contributed by atoms with Gasteiger partial charge in [-0.1, -0.05) is 12.1 Å². The lowest BCUT2D eigenvalue weighted by molar-refractivity contribution is -0.384. The zero-order valence-electron chi connectivity index (χ0n) is 21.2. The molecule has 0 unspecified atom stereocenters. The summed E-state index contributed by atoms with van der Waals surface area (Å²) in [6, 6.07) is 12.0. The molecule has 5 rings (SSSR count). The largest absolute Gasteiger partial charge is 0.496 e.